The van der Waals surface area contributed by atoms with Gasteiger partial charge < -0.3 is 5.32 Å². The molecule has 1 atom stereocenters. The van der Waals surface area contributed by atoms with Crippen LogP contribution in [0.25, 0.3) is 0 Å². The van der Waals surface area contributed by atoms with E-state index in [1.807, 2.05) is 6.92 Å². The second-order valence-corrected chi connectivity index (χ2v) is 6.58. The van der Waals surface area contributed by atoms with E-state index < -0.39 is 5.54 Å². The number of urea groups is 1. The van der Waals surface area contributed by atoms with E-state index in [1.54, 1.807) is 0 Å². The normalized spacial score (nSPS) is 33.9. The number of carbonyl (C=O) groups is 2. The second kappa shape index (κ2) is 4.47. The highest BCUT2D eigenvalue weighted by molar-refractivity contribution is 6.07. The third-order valence-corrected chi connectivity index (χ3v) is 4.91. The van der Waals surface area contributed by atoms with Crippen LogP contribution in [0, 0.1) is 11.8 Å². The molecule has 3 aliphatic rings. The van der Waals surface area contributed by atoms with Crippen LogP contribution in [0.4, 0.5) is 4.79 Å². The van der Waals surface area contributed by atoms with Crippen molar-refractivity contribution in [3.8, 4) is 0 Å². The van der Waals surface area contributed by atoms with Crippen molar-refractivity contribution < 1.29 is 9.59 Å². The Morgan fingerprint density at radius 1 is 1.21 bits per heavy atom. The quantitative estimate of drug-likeness (QED) is 0.785. The molecule has 1 aliphatic carbocycles. The molecule has 19 heavy (non-hydrogen) atoms. The molecule has 5 heteroatoms. The molecule has 0 bridgehead atoms. The summed E-state index contributed by atoms with van der Waals surface area (Å²) in [4.78, 5) is 28.1. The third kappa shape index (κ3) is 2.24. The van der Waals surface area contributed by atoms with Gasteiger partial charge in [-0.15, -0.1) is 0 Å². The average molecular weight is 265 g/mol. The van der Waals surface area contributed by atoms with Crippen LogP contribution in [-0.2, 0) is 4.79 Å². The standard InChI is InChI=1S/C14H23N3O2/c1-10-5-7-16(8-6-10)9-17-12(18)14(2,11-3-4-11)15-13(17)19/h10-11H,3-9H2,1-2H3,(H,15,19)/t14-/m0/s1. The van der Waals surface area contributed by atoms with Crippen molar-refractivity contribution in [1.29, 1.82) is 0 Å². The first kappa shape index (κ1) is 12.9. The Morgan fingerprint density at radius 3 is 2.42 bits per heavy atom. The first-order chi connectivity index (χ1) is 9.00. The summed E-state index contributed by atoms with van der Waals surface area (Å²) in [7, 11) is 0. The number of imide groups is 1. The zero-order valence-corrected chi connectivity index (χ0v) is 11.8. The molecule has 0 radical (unpaired) electrons. The van der Waals surface area contributed by atoms with E-state index in [9.17, 15) is 9.59 Å². The summed E-state index contributed by atoms with van der Waals surface area (Å²) in [6, 6.07) is -0.210. The monoisotopic (exact) mass is 265 g/mol. The summed E-state index contributed by atoms with van der Waals surface area (Å²) < 4.78 is 0. The number of likely N-dealkylation sites (tertiary alicyclic amines) is 1. The van der Waals surface area contributed by atoms with Crippen molar-refractivity contribution in [1.82, 2.24) is 15.1 Å². The first-order valence-corrected chi connectivity index (χ1v) is 7.37. The van der Waals surface area contributed by atoms with Crippen molar-refractivity contribution in [2.24, 2.45) is 11.8 Å². The number of piperidine rings is 1. The molecule has 0 aromatic heterocycles. The zero-order valence-electron chi connectivity index (χ0n) is 11.8. The summed E-state index contributed by atoms with van der Waals surface area (Å²) in [5.74, 6) is 1.07. The molecule has 0 aromatic carbocycles. The van der Waals surface area contributed by atoms with E-state index in [0.717, 1.165) is 44.7 Å². The first-order valence-electron chi connectivity index (χ1n) is 7.37. The number of hydrogen-bond donors (Lipinski definition) is 1. The van der Waals surface area contributed by atoms with Crippen LogP contribution < -0.4 is 5.32 Å². The second-order valence-electron chi connectivity index (χ2n) is 6.58. The van der Waals surface area contributed by atoms with E-state index in [0.29, 0.717) is 12.6 Å². The summed E-state index contributed by atoms with van der Waals surface area (Å²) in [6.45, 7) is 6.56. The molecular weight excluding hydrogens is 242 g/mol. The number of nitrogens with one attached hydrogen (secondary N) is 1. The fourth-order valence-corrected chi connectivity index (χ4v) is 3.18. The van der Waals surface area contributed by atoms with Crippen LogP contribution in [0.2, 0.25) is 0 Å². The predicted molar refractivity (Wildman–Crippen MR) is 71.3 cm³/mol. The summed E-state index contributed by atoms with van der Waals surface area (Å²) in [5, 5.41) is 2.90. The zero-order chi connectivity index (χ0) is 13.6. The van der Waals surface area contributed by atoms with E-state index in [1.165, 1.54) is 4.90 Å². The van der Waals surface area contributed by atoms with Gasteiger partial charge >= 0.3 is 6.03 Å². The molecule has 0 aromatic rings. The topological polar surface area (TPSA) is 52.6 Å². The Balaban J connectivity index is 1.64. The fraction of sp³-hybridized carbons (Fsp3) is 0.857. The maximum Gasteiger partial charge on any atom is 0.326 e. The van der Waals surface area contributed by atoms with E-state index in [4.69, 9.17) is 0 Å². The molecule has 3 rings (SSSR count). The van der Waals surface area contributed by atoms with Gasteiger partial charge in [0, 0.05) is 13.1 Å². The highest BCUT2D eigenvalue weighted by Gasteiger charge is 2.56. The lowest BCUT2D eigenvalue weighted by Gasteiger charge is -2.32. The lowest BCUT2D eigenvalue weighted by molar-refractivity contribution is -0.133. The maximum absolute atomic E-state index is 12.5. The van der Waals surface area contributed by atoms with E-state index in [-0.39, 0.29) is 11.9 Å². The molecule has 3 amide bonds. The molecule has 0 unspecified atom stereocenters. The summed E-state index contributed by atoms with van der Waals surface area (Å²) >= 11 is 0. The van der Waals surface area contributed by atoms with Gasteiger partial charge in [-0.25, -0.2) is 9.69 Å². The Labute approximate surface area is 114 Å². The van der Waals surface area contributed by atoms with E-state index in [2.05, 4.69) is 17.1 Å². The molecule has 106 valence electrons. The lowest BCUT2D eigenvalue weighted by Crippen LogP contribution is -2.48. The highest BCUT2D eigenvalue weighted by atomic mass is 16.2. The minimum absolute atomic E-state index is 0.0291. The van der Waals surface area contributed by atoms with Crippen molar-refractivity contribution >= 4 is 11.9 Å². The third-order valence-electron chi connectivity index (χ3n) is 4.91. The maximum atomic E-state index is 12.5. The molecule has 5 nitrogen and oxygen atoms in total. The molecule has 3 fully saturated rings. The van der Waals surface area contributed by atoms with Crippen molar-refractivity contribution in [3.63, 3.8) is 0 Å². The van der Waals surface area contributed by atoms with Gasteiger partial charge in [-0.3, -0.25) is 9.69 Å². The summed E-state index contributed by atoms with van der Waals surface area (Å²) in [5.41, 5.74) is -0.639. The lowest BCUT2D eigenvalue weighted by atomic mass is 9.96. The van der Waals surface area contributed by atoms with Crippen LogP contribution in [0.1, 0.15) is 39.5 Å². The number of rotatable bonds is 3. The van der Waals surface area contributed by atoms with Gasteiger partial charge in [-0.05, 0) is 44.4 Å². The molecule has 1 saturated carbocycles. The van der Waals surface area contributed by atoms with Gasteiger partial charge in [-0.2, -0.15) is 0 Å². The van der Waals surface area contributed by atoms with Crippen LogP contribution in [0.5, 0.6) is 0 Å². The molecule has 1 N–H and O–H groups in total. The molecule has 2 heterocycles. The van der Waals surface area contributed by atoms with Crippen LogP contribution >= 0.6 is 0 Å². The molecule has 0 spiro atoms. The van der Waals surface area contributed by atoms with Crippen LogP contribution in [0.3, 0.4) is 0 Å². The fourth-order valence-electron chi connectivity index (χ4n) is 3.18. The largest absolute Gasteiger partial charge is 0.326 e. The minimum Gasteiger partial charge on any atom is -0.323 e. The van der Waals surface area contributed by atoms with Gasteiger partial charge in [0.05, 0.1) is 6.67 Å². The molecular formula is C14H23N3O2. The minimum atomic E-state index is -0.639. The Hall–Kier alpha value is -1.10. The van der Waals surface area contributed by atoms with Crippen LogP contribution in [0.15, 0.2) is 0 Å². The number of nitrogens with zero attached hydrogens (tertiary/aromatic N) is 2. The van der Waals surface area contributed by atoms with Crippen molar-refractivity contribution in [3.05, 3.63) is 0 Å². The van der Waals surface area contributed by atoms with Gasteiger partial charge in [0.15, 0.2) is 0 Å². The predicted octanol–water partition coefficient (Wildman–Crippen LogP) is 1.40. The number of carbonyl (C=O) groups excluding carboxylic acids is 2. The summed E-state index contributed by atoms with van der Waals surface area (Å²) in [6.07, 6.45) is 4.42. The van der Waals surface area contributed by atoms with Gasteiger partial charge in [0.1, 0.15) is 5.54 Å². The van der Waals surface area contributed by atoms with Gasteiger partial charge in [-0.1, -0.05) is 6.92 Å². The Bertz CT molecular complexity index is 399. The van der Waals surface area contributed by atoms with Gasteiger partial charge in [0.25, 0.3) is 5.91 Å². The van der Waals surface area contributed by atoms with Crippen molar-refractivity contribution in [2.75, 3.05) is 19.8 Å². The molecule has 2 saturated heterocycles. The number of amides is 3. The Morgan fingerprint density at radius 2 is 1.84 bits per heavy atom. The van der Waals surface area contributed by atoms with Crippen LogP contribution in [-0.4, -0.2) is 47.0 Å². The van der Waals surface area contributed by atoms with E-state index >= 15 is 0 Å². The smallest absolute Gasteiger partial charge is 0.323 e. The number of hydrogen-bond acceptors (Lipinski definition) is 3. The Kier molecular flexibility index (Phi) is 3.04. The average Bonchev–Trinajstić information content (AvgIpc) is 3.18. The molecule has 2 aliphatic heterocycles. The SMILES string of the molecule is CC1CCN(CN2C(=O)N[C@@](C)(C3CC3)C2=O)CC1. The van der Waals surface area contributed by atoms with Gasteiger partial charge in [0.2, 0.25) is 0 Å². The van der Waals surface area contributed by atoms with Crippen molar-refractivity contribution in [2.45, 2.75) is 45.1 Å². The highest BCUT2D eigenvalue weighted by Crippen LogP contribution is 2.42.